The van der Waals surface area contributed by atoms with Crippen molar-refractivity contribution >= 4 is 23.0 Å². The SMILES string of the molecule is COc1ccc(Oc2ccc(N3C(=S)N[C@H](c4ccccn4)[C@H]3c3ccn(C)c3)cc2)cc1. The first-order valence-electron chi connectivity index (χ1n) is 10.7. The smallest absolute Gasteiger partial charge is 0.174 e. The van der Waals surface area contributed by atoms with Crippen LogP contribution in [0.15, 0.2) is 91.4 Å². The molecule has 6 nitrogen and oxygen atoms in total. The van der Waals surface area contributed by atoms with Crippen molar-refractivity contribution in [1.29, 1.82) is 0 Å². The van der Waals surface area contributed by atoms with Crippen LogP contribution in [0.1, 0.15) is 23.3 Å². The van der Waals surface area contributed by atoms with Gasteiger partial charge in [-0.25, -0.2) is 0 Å². The number of anilines is 1. The highest BCUT2D eigenvalue weighted by Gasteiger charge is 2.40. The number of benzene rings is 2. The largest absolute Gasteiger partial charge is 0.497 e. The van der Waals surface area contributed by atoms with E-state index in [-0.39, 0.29) is 12.1 Å². The number of methoxy groups -OCH3 is 1. The third kappa shape index (κ3) is 4.27. The minimum Gasteiger partial charge on any atom is -0.497 e. The summed E-state index contributed by atoms with van der Waals surface area (Å²) in [4.78, 5) is 6.75. The average Bonchev–Trinajstić information content (AvgIpc) is 3.43. The summed E-state index contributed by atoms with van der Waals surface area (Å²) >= 11 is 5.78. The van der Waals surface area contributed by atoms with Crippen LogP contribution in [0.4, 0.5) is 5.69 Å². The molecule has 0 bridgehead atoms. The van der Waals surface area contributed by atoms with Gasteiger partial charge in [0.05, 0.1) is 24.9 Å². The molecule has 2 aromatic heterocycles. The fourth-order valence-electron chi connectivity index (χ4n) is 4.13. The van der Waals surface area contributed by atoms with Gasteiger partial charge in [-0.15, -0.1) is 0 Å². The molecule has 5 rings (SSSR count). The molecule has 1 aliphatic rings. The normalized spacial score (nSPS) is 17.6. The Morgan fingerprint density at radius 3 is 2.21 bits per heavy atom. The van der Waals surface area contributed by atoms with Gasteiger partial charge < -0.3 is 24.3 Å². The van der Waals surface area contributed by atoms with Crippen molar-refractivity contribution in [2.45, 2.75) is 12.1 Å². The molecule has 1 saturated heterocycles. The first-order chi connectivity index (χ1) is 16.1. The van der Waals surface area contributed by atoms with Gasteiger partial charge in [0.2, 0.25) is 0 Å². The average molecular weight is 457 g/mol. The predicted molar refractivity (Wildman–Crippen MR) is 133 cm³/mol. The number of nitrogens with one attached hydrogen (secondary N) is 1. The Morgan fingerprint density at radius 1 is 0.909 bits per heavy atom. The molecule has 0 saturated carbocycles. The molecule has 4 aromatic rings. The number of rotatable bonds is 6. The van der Waals surface area contributed by atoms with Gasteiger partial charge in [-0.05, 0) is 84.5 Å². The van der Waals surface area contributed by atoms with Crippen molar-refractivity contribution in [3.8, 4) is 17.2 Å². The lowest BCUT2D eigenvalue weighted by molar-refractivity contribution is 0.413. The molecule has 0 amide bonds. The van der Waals surface area contributed by atoms with E-state index >= 15 is 0 Å². The first-order valence-corrected chi connectivity index (χ1v) is 11.1. The molecule has 7 heteroatoms. The van der Waals surface area contributed by atoms with Crippen LogP contribution in [-0.4, -0.2) is 21.8 Å². The first kappa shape index (κ1) is 21.0. The predicted octanol–water partition coefficient (Wildman–Crippen LogP) is 5.40. The van der Waals surface area contributed by atoms with E-state index < -0.39 is 0 Å². The van der Waals surface area contributed by atoms with Crippen LogP contribution in [0.2, 0.25) is 0 Å². The highest BCUT2D eigenvalue weighted by atomic mass is 32.1. The van der Waals surface area contributed by atoms with E-state index in [1.165, 1.54) is 5.56 Å². The van der Waals surface area contributed by atoms with E-state index in [2.05, 4.69) is 38.2 Å². The van der Waals surface area contributed by atoms with Crippen molar-refractivity contribution in [3.63, 3.8) is 0 Å². The molecule has 1 aliphatic heterocycles. The van der Waals surface area contributed by atoms with Gasteiger partial charge in [-0.3, -0.25) is 4.98 Å². The topological polar surface area (TPSA) is 51.6 Å². The van der Waals surface area contributed by atoms with E-state index in [1.54, 1.807) is 7.11 Å². The Kier molecular flexibility index (Phi) is 5.71. The van der Waals surface area contributed by atoms with E-state index in [4.69, 9.17) is 21.7 Å². The quantitative estimate of drug-likeness (QED) is 0.392. The van der Waals surface area contributed by atoms with Gasteiger partial charge in [0, 0.05) is 31.3 Å². The Hall–Kier alpha value is -3.84. The summed E-state index contributed by atoms with van der Waals surface area (Å²) in [6, 6.07) is 23.5. The van der Waals surface area contributed by atoms with Crippen LogP contribution in [0.5, 0.6) is 17.2 Å². The van der Waals surface area contributed by atoms with Gasteiger partial charge in [0.15, 0.2) is 5.11 Å². The molecular formula is C26H24N4O2S. The minimum atomic E-state index is -0.0590. The summed E-state index contributed by atoms with van der Waals surface area (Å²) in [6.45, 7) is 0. The Balaban J connectivity index is 1.44. The van der Waals surface area contributed by atoms with Crippen LogP contribution < -0.4 is 19.7 Å². The fourth-order valence-corrected chi connectivity index (χ4v) is 4.47. The van der Waals surface area contributed by atoms with E-state index in [0.29, 0.717) is 5.11 Å². The molecule has 166 valence electrons. The third-order valence-electron chi connectivity index (χ3n) is 5.70. The second kappa shape index (κ2) is 8.96. The second-order valence-corrected chi connectivity index (χ2v) is 8.27. The maximum Gasteiger partial charge on any atom is 0.174 e. The lowest BCUT2D eigenvalue weighted by Crippen LogP contribution is -2.29. The number of aromatic nitrogens is 2. The monoisotopic (exact) mass is 456 g/mol. The molecule has 2 atom stereocenters. The van der Waals surface area contributed by atoms with Gasteiger partial charge in [0.25, 0.3) is 0 Å². The maximum absolute atomic E-state index is 5.99. The van der Waals surface area contributed by atoms with Crippen LogP contribution >= 0.6 is 12.2 Å². The Morgan fingerprint density at radius 2 is 1.61 bits per heavy atom. The maximum atomic E-state index is 5.99. The van der Waals surface area contributed by atoms with Crippen LogP contribution in [0.3, 0.4) is 0 Å². The highest BCUT2D eigenvalue weighted by molar-refractivity contribution is 7.80. The van der Waals surface area contributed by atoms with E-state index in [0.717, 1.165) is 28.6 Å². The summed E-state index contributed by atoms with van der Waals surface area (Å²) in [5.74, 6) is 2.29. The zero-order valence-corrected chi connectivity index (χ0v) is 19.2. The molecule has 0 unspecified atom stereocenters. The summed E-state index contributed by atoms with van der Waals surface area (Å²) in [7, 11) is 3.67. The number of nitrogens with zero attached hydrogens (tertiary/aromatic N) is 3. The lowest BCUT2D eigenvalue weighted by atomic mass is 9.98. The molecule has 0 radical (unpaired) electrons. The van der Waals surface area contributed by atoms with Gasteiger partial charge in [-0.2, -0.15) is 0 Å². The van der Waals surface area contributed by atoms with E-state index in [9.17, 15) is 0 Å². The van der Waals surface area contributed by atoms with Crippen molar-refractivity contribution in [1.82, 2.24) is 14.9 Å². The van der Waals surface area contributed by atoms with Crippen LogP contribution in [0, 0.1) is 0 Å². The lowest BCUT2D eigenvalue weighted by Gasteiger charge is -2.27. The number of aryl methyl sites for hydroxylation is 1. The Bertz CT molecular complexity index is 1240. The van der Waals surface area contributed by atoms with Crippen molar-refractivity contribution < 1.29 is 9.47 Å². The Labute approximate surface area is 198 Å². The molecule has 33 heavy (non-hydrogen) atoms. The number of pyridine rings is 1. The third-order valence-corrected chi connectivity index (χ3v) is 6.02. The van der Waals surface area contributed by atoms with Crippen molar-refractivity contribution in [2.75, 3.05) is 12.0 Å². The van der Waals surface area contributed by atoms with E-state index in [1.807, 2.05) is 80.0 Å². The van der Waals surface area contributed by atoms with Crippen LogP contribution in [-0.2, 0) is 7.05 Å². The zero-order valence-electron chi connectivity index (χ0n) is 18.4. The number of hydrogen-bond acceptors (Lipinski definition) is 4. The molecule has 1 N–H and O–H groups in total. The number of ether oxygens (including phenoxy) is 2. The van der Waals surface area contributed by atoms with Gasteiger partial charge in [0.1, 0.15) is 17.2 Å². The molecule has 3 heterocycles. The summed E-state index contributed by atoms with van der Waals surface area (Å²) in [5, 5.41) is 4.15. The number of hydrogen-bond donors (Lipinski definition) is 1. The summed E-state index contributed by atoms with van der Waals surface area (Å²) in [5.41, 5.74) is 3.11. The zero-order chi connectivity index (χ0) is 22.8. The van der Waals surface area contributed by atoms with Gasteiger partial charge in [-0.1, -0.05) is 6.07 Å². The molecule has 0 aliphatic carbocycles. The molecular weight excluding hydrogens is 432 g/mol. The molecule has 2 aromatic carbocycles. The fraction of sp³-hybridized carbons (Fsp3) is 0.154. The minimum absolute atomic E-state index is 0.0260. The van der Waals surface area contributed by atoms with Crippen LogP contribution in [0.25, 0.3) is 0 Å². The second-order valence-electron chi connectivity index (χ2n) is 7.88. The standard InChI is InChI=1S/C26H24N4O2S/c1-29-16-14-18(17-29)25-24(23-5-3-4-15-27-23)28-26(33)30(25)19-6-8-21(9-7-19)32-22-12-10-20(31-2)11-13-22/h3-17,24-25H,1-2H3,(H,28,33)/t24-,25-/m1/s1. The van der Waals surface area contributed by atoms with Crippen molar-refractivity contribution in [3.05, 3.63) is 103 Å². The number of thiocarbonyl (C=S) groups is 1. The molecule has 0 spiro atoms. The van der Waals surface area contributed by atoms with Gasteiger partial charge >= 0.3 is 0 Å². The van der Waals surface area contributed by atoms with Crippen molar-refractivity contribution in [2.24, 2.45) is 7.05 Å². The molecule has 1 fully saturated rings. The summed E-state index contributed by atoms with van der Waals surface area (Å²) in [6.07, 6.45) is 6.00. The highest BCUT2D eigenvalue weighted by Crippen LogP contribution is 2.42. The summed E-state index contributed by atoms with van der Waals surface area (Å²) < 4.78 is 13.2.